The maximum atomic E-state index is 13.1. The number of benzene rings is 1. The Bertz CT molecular complexity index is 767. The number of carbonyl (C=O) groups is 2. The van der Waals surface area contributed by atoms with Crippen LogP contribution in [0.5, 0.6) is 0 Å². The first kappa shape index (κ1) is 16.2. The van der Waals surface area contributed by atoms with Crippen LogP contribution in [0.3, 0.4) is 0 Å². The Labute approximate surface area is 139 Å². The second kappa shape index (κ2) is 6.47. The Morgan fingerprint density at radius 3 is 2.54 bits per heavy atom. The molecule has 1 aromatic heterocycles. The van der Waals surface area contributed by atoms with Crippen LogP contribution in [-0.4, -0.2) is 39.5 Å². The number of piperidine rings is 1. The van der Waals surface area contributed by atoms with Gasteiger partial charge in [0.05, 0.1) is 5.92 Å². The van der Waals surface area contributed by atoms with Gasteiger partial charge in [-0.3, -0.25) is 9.59 Å². The van der Waals surface area contributed by atoms with Crippen molar-refractivity contribution in [3.63, 3.8) is 0 Å². The van der Waals surface area contributed by atoms with Crippen LogP contribution >= 0.6 is 0 Å². The van der Waals surface area contributed by atoms with E-state index in [2.05, 4.69) is 0 Å². The first-order valence-electron chi connectivity index (χ1n) is 7.91. The zero-order valence-electron chi connectivity index (χ0n) is 13.4. The molecule has 126 valence electrons. The van der Waals surface area contributed by atoms with Crippen LogP contribution in [0.25, 0.3) is 11.3 Å². The highest BCUT2D eigenvalue weighted by Gasteiger charge is 2.29. The average molecular weight is 330 g/mol. The second-order valence-corrected chi connectivity index (χ2v) is 6.10. The van der Waals surface area contributed by atoms with E-state index in [0.29, 0.717) is 25.1 Å². The Morgan fingerprint density at radius 1 is 1.17 bits per heavy atom. The summed E-state index contributed by atoms with van der Waals surface area (Å²) in [5, 5.41) is 9.16. The third kappa shape index (κ3) is 3.04. The Balaban J connectivity index is 1.83. The lowest BCUT2D eigenvalue weighted by atomic mass is 9.98. The van der Waals surface area contributed by atoms with Gasteiger partial charge in [0.15, 0.2) is 0 Å². The number of carboxylic acids is 1. The van der Waals surface area contributed by atoms with Crippen molar-refractivity contribution in [2.24, 2.45) is 13.0 Å². The SMILES string of the molecule is Cn1c(C(=O)N2CCC[C@H](C(=O)O)C2)ccc1-c1ccc(F)cc1. The molecule has 1 atom stereocenters. The summed E-state index contributed by atoms with van der Waals surface area (Å²) in [6.07, 6.45) is 1.30. The van der Waals surface area contributed by atoms with Gasteiger partial charge >= 0.3 is 5.97 Å². The largest absolute Gasteiger partial charge is 0.481 e. The van der Waals surface area contributed by atoms with E-state index in [1.807, 2.05) is 6.07 Å². The van der Waals surface area contributed by atoms with Crippen LogP contribution in [0, 0.1) is 11.7 Å². The van der Waals surface area contributed by atoms with Crippen molar-refractivity contribution < 1.29 is 19.1 Å². The summed E-state index contributed by atoms with van der Waals surface area (Å²) in [5.74, 6) is -1.83. The molecule has 3 rings (SSSR count). The van der Waals surface area contributed by atoms with Crippen LogP contribution in [-0.2, 0) is 11.8 Å². The molecular formula is C18H19FN2O3. The third-order valence-corrected chi connectivity index (χ3v) is 4.54. The molecule has 1 fully saturated rings. The minimum absolute atomic E-state index is 0.170. The first-order chi connectivity index (χ1) is 11.5. The fraction of sp³-hybridized carbons (Fsp3) is 0.333. The maximum absolute atomic E-state index is 13.1. The van der Waals surface area contributed by atoms with Gasteiger partial charge in [-0.25, -0.2) is 4.39 Å². The molecule has 0 bridgehead atoms. The number of carbonyl (C=O) groups excluding carboxylic acids is 1. The highest BCUT2D eigenvalue weighted by molar-refractivity contribution is 5.94. The van der Waals surface area contributed by atoms with Crippen molar-refractivity contribution in [3.8, 4) is 11.3 Å². The number of aromatic nitrogens is 1. The highest BCUT2D eigenvalue weighted by atomic mass is 19.1. The molecule has 1 amide bonds. The van der Waals surface area contributed by atoms with E-state index in [0.717, 1.165) is 11.3 Å². The number of amides is 1. The molecule has 2 heterocycles. The molecule has 0 radical (unpaired) electrons. The molecule has 1 saturated heterocycles. The van der Waals surface area contributed by atoms with Crippen molar-refractivity contribution in [2.75, 3.05) is 13.1 Å². The number of likely N-dealkylation sites (tertiary alicyclic amines) is 1. The van der Waals surface area contributed by atoms with Gasteiger partial charge in [-0.1, -0.05) is 0 Å². The average Bonchev–Trinajstić information content (AvgIpc) is 2.96. The molecule has 0 saturated carbocycles. The monoisotopic (exact) mass is 330 g/mol. The van der Waals surface area contributed by atoms with Gasteiger partial charge in [-0.05, 0) is 54.8 Å². The Hall–Kier alpha value is -2.63. The van der Waals surface area contributed by atoms with E-state index in [9.17, 15) is 14.0 Å². The molecule has 1 aromatic carbocycles. The molecule has 1 aliphatic rings. The molecule has 1 N–H and O–H groups in total. The standard InChI is InChI=1S/C18H19FN2O3/c1-20-15(12-4-6-14(19)7-5-12)8-9-16(20)17(22)21-10-2-3-13(11-21)18(23)24/h4-9,13H,2-3,10-11H2,1H3,(H,23,24)/t13-/m0/s1. The van der Waals surface area contributed by atoms with Crippen LogP contribution in [0.15, 0.2) is 36.4 Å². The lowest BCUT2D eigenvalue weighted by Gasteiger charge is -2.30. The molecule has 24 heavy (non-hydrogen) atoms. The van der Waals surface area contributed by atoms with Crippen molar-refractivity contribution in [3.05, 3.63) is 47.9 Å². The number of carboxylic acid groups (broad SMARTS) is 1. The summed E-state index contributed by atoms with van der Waals surface area (Å²) in [6.45, 7) is 0.810. The molecule has 1 aliphatic heterocycles. The first-order valence-corrected chi connectivity index (χ1v) is 7.91. The molecule has 0 unspecified atom stereocenters. The van der Waals surface area contributed by atoms with E-state index in [4.69, 9.17) is 5.11 Å². The zero-order valence-corrected chi connectivity index (χ0v) is 13.4. The van der Waals surface area contributed by atoms with Gasteiger partial charge in [-0.2, -0.15) is 0 Å². The zero-order chi connectivity index (χ0) is 17.3. The third-order valence-electron chi connectivity index (χ3n) is 4.54. The van der Waals surface area contributed by atoms with Gasteiger partial charge in [-0.15, -0.1) is 0 Å². The van der Waals surface area contributed by atoms with Gasteiger partial charge in [0, 0.05) is 25.8 Å². The van der Waals surface area contributed by atoms with Crippen LogP contribution in [0.2, 0.25) is 0 Å². The molecule has 2 aromatic rings. The number of halogens is 1. The van der Waals surface area contributed by atoms with Gasteiger partial charge in [0.25, 0.3) is 5.91 Å². The second-order valence-electron chi connectivity index (χ2n) is 6.10. The molecule has 0 spiro atoms. The number of rotatable bonds is 3. The van der Waals surface area contributed by atoms with E-state index in [-0.39, 0.29) is 18.3 Å². The Kier molecular flexibility index (Phi) is 4.38. The molecule has 6 heteroatoms. The summed E-state index contributed by atoms with van der Waals surface area (Å²) in [4.78, 5) is 25.5. The maximum Gasteiger partial charge on any atom is 0.308 e. The molecule has 5 nitrogen and oxygen atoms in total. The van der Waals surface area contributed by atoms with Crippen molar-refractivity contribution >= 4 is 11.9 Å². The van der Waals surface area contributed by atoms with Crippen LogP contribution in [0.1, 0.15) is 23.3 Å². The minimum Gasteiger partial charge on any atom is -0.481 e. The van der Waals surface area contributed by atoms with Gasteiger partial charge in [0.1, 0.15) is 11.5 Å². The number of aliphatic carboxylic acids is 1. The van der Waals surface area contributed by atoms with Crippen LogP contribution in [0.4, 0.5) is 4.39 Å². The lowest BCUT2D eigenvalue weighted by Crippen LogP contribution is -2.42. The summed E-state index contributed by atoms with van der Waals surface area (Å²) >= 11 is 0. The van der Waals surface area contributed by atoms with Crippen molar-refractivity contribution in [1.29, 1.82) is 0 Å². The predicted octanol–water partition coefficient (Wildman–Crippen LogP) is 2.77. The van der Waals surface area contributed by atoms with E-state index < -0.39 is 11.9 Å². The van der Waals surface area contributed by atoms with Crippen molar-refractivity contribution in [2.45, 2.75) is 12.8 Å². The summed E-state index contributed by atoms with van der Waals surface area (Å²) in [7, 11) is 1.78. The normalized spacial score (nSPS) is 17.8. The number of nitrogens with zero attached hydrogens (tertiary/aromatic N) is 2. The smallest absolute Gasteiger partial charge is 0.308 e. The predicted molar refractivity (Wildman–Crippen MR) is 87.1 cm³/mol. The minimum atomic E-state index is -0.855. The molecule has 0 aliphatic carbocycles. The van der Waals surface area contributed by atoms with Gasteiger partial charge < -0.3 is 14.6 Å². The topological polar surface area (TPSA) is 62.5 Å². The Morgan fingerprint density at radius 2 is 1.88 bits per heavy atom. The number of hydrogen-bond donors (Lipinski definition) is 1. The number of hydrogen-bond acceptors (Lipinski definition) is 2. The lowest BCUT2D eigenvalue weighted by molar-refractivity contribution is -0.143. The van der Waals surface area contributed by atoms with Crippen molar-refractivity contribution in [1.82, 2.24) is 9.47 Å². The quantitative estimate of drug-likeness (QED) is 0.941. The van der Waals surface area contributed by atoms with E-state index >= 15 is 0 Å². The fourth-order valence-electron chi connectivity index (χ4n) is 3.16. The molecular weight excluding hydrogens is 311 g/mol. The van der Waals surface area contributed by atoms with Gasteiger partial charge in [0.2, 0.25) is 0 Å². The summed E-state index contributed by atoms with van der Waals surface area (Å²) in [6, 6.07) is 9.64. The van der Waals surface area contributed by atoms with E-state index in [1.54, 1.807) is 34.7 Å². The van der Waals surface area contributed by atoms with Crippen LogP contribution < -0.4 is 0 Å². The summed E-state index contributed by atoms with van der Waals surface area (Å²) < 4.78 is 14.8. The fourth-order valence-corrected chi connectivity index (χ4v) is 3.16. The highest BCUT2D eigenvalue weighted by Crippen LogP contribution is 2.24. The summed E-state index contributed by atoms with van der Waals surface area (Å²) in [5.41, 5.74) is 2.13. The van der Waals surface area contributed by atoms with E-state index in [1.165, 1.54) is 12.1 Å².